The fraction of sp³-hybridized carbons (Fsp3) is 0.111. The lowest BCUT2D eigenvalue weighted by molar-refractivity contribution is 1.01. The van der Waals surface area contributed by atoms with E-state index in [4.69, 9.17) is 5.73 Å². The van der Waals surface area contributed by atoms with Crippen molar-refractivity contribution in [2.45, 2.75) is 0 Å². The normalized spacial score (nSPS) is 10.5. The summed E-state index contributed by atoms with van der Waals surface area (Å²) in [6, 6.07) is 19.9. The summed E-state index contributed by atoms with van der Waals surface area (Å²) in [6.45, 7) is 0. The minimum atomic E-state index is 0.600. The molecular formula is C18H18N4. The van der Waals surface area contributed by atoms with Crippen LogP contribution in [-0.2, 0) is 0 Å². The standard InChI is InChI=1S/C18H18N4/c1-22(2)18-20-16(13-9-5-3-6-10-13)15(19)17(21-18)14-11-7-4-8-12-14/h3-12H,19H2,1-2H3. The van der Waals surface area contributed by atoms with E-state index >= 15 is 0 Å². The lowest BCUT2D eigenvalue weighted by Gasteiger charge is -2.16. The van der Waals surface area contributed by atoms with Crippen molar-refractivity contribution in [1.29, 1.82) is 0 Å². The first-order valence-corrected chi connectivity index (χ1v) is 7.12. The molecule has 0 fully saturated rings. The summed E-state index contributed by atoms with van der Waals surface area (Å²) in [6.07, 6.45) is 0. The van der Waals surface area contributed by atoms with Crippen LogP contribution in [0.4, 0.5) is 11.6 Å². The summed E-state index contributed by atoms with van der Waals surface area (Å²) in [5, 5.41) is 0. The molecule has 3 rings (SSSR count). The van der Waals surface area contributed by atoms with Gasteiger partial charge in [0.15, 0.2) is 0 Å². The van der Waals surface area contributed by atoms with E-state index in [1.54, 1.807) is 0 Å². The van der Waals surface area contributed by atoms with Crippen LogP contribution in [-0.4, -0.2) is 24.1 Å². The predicted molar refractivity (Wildman–Crippen MR) is 91.6 cm³/mol. The summed E-state index contributed by atoms with van der Waals surface area (Å²) in [5.74, 6) is 0.645. The Morgan fingerprint density at radius 2 is 1.14 bits per heavy atom. The maximum Gasteiger partial charge on any atom is 0.226 e. The molecule has 1 heterocycles. The van der Waals surface area contributed by atoms with Crippen LogP contribution in [0.15, 0.2) is 60.7 Å². The lowest BCUT2D eigenvalue weighted by atomic mass is 10.1. The quantitative estimate of drug-likeness (QED) is 0.802. The summed E-state index contributed by atoms with van der Waals surface area (Å²) in [4.78, 5) is 11.1. The minimum Gasteiger partial charge on any atom is -0.395 e. The average molecular weight is 290 g/mol. The van der Waals surface area contributed by atoms with Crippen LogP contribution in [0.5, 0.6) is 0 Å². The second kappa shape index (κ2) is 5.85. The van der Waals surface area contributed by atoms with E-state index in [1.807, 2.05) is 79.7 Å². The van der Waals surface area contributed by atoms with E-state index in [0.29, 0.717) is 11.6 Å². The highest BCUT2D eigenvalue weighted by atomic mass is 15.2. The Hall–Kier alpha value is -2.88. The van der Waals surface area contributed by atoms with Crippen molar-refractivity contribution < 1.29 is 0 Å². The van der Waals surface area contributed by atoms with Crippen LogP contribution in [0.1, 0.15) is 0 Å². The number of anilines is 2. The third kappa shape index (κ3) is 2.63. The topological polar surface area (TPSA) is 55.0 Å². The highest BCUT2D eigenvalue weighted by Crippen LogP contribution is 2.33. The van der Waals surface area contributed by atoms with E-state index in [-0.39, 0.29) is 0 Å². The molecule has 2 N–H and O–H groups in total. The number of hydrogen-bond donors (Lipinski definition) is 1. The predicted octanol–water partition coefficient (Wildman–Crippen LogP) is 3.46. The molecule has 4 heteroatoms. The molecule has 0 unspecified atom stereocenters. The molecule has 0 aliphatic carbocycles. The van der Waals surface area contributed by atoms with Gasteiger partial charge in [-0.25, -0.2) is 9.97 Å². The van der Waals surface area contributed by atoms with Crippen molar-refractivity contribution in [3.05, 3.63) is 60.7 Å². The van der Waals surface area contributed by atoms with Gasteiger partial charge in [0.1, 0.15) is 0 Å². The number of rotatable bonds is 3. The zero-order valence-corrected chi connectivity index (χ0v) is 12.7. The van der Waals surface area contributed by atoms with Gasteiger partial charge in [0.25, 0.3) is 0 Å². The highest BCUT2D eigenvalue weighted by molar-refractivity contribution is 5.85. The fourth-order valence-corrected chi connectivity index (χ4v) is 2.29. The second-order valence-corrected chi connectivity index (χ2v) is 5.26. The van der Waals surface area contributed by atoms with Gasteiger partial charge in [0.05, 0.1) is 17.1 Å². The first-order valence-electron chi connectivity index (χ1n) is 7.12. The molecule has 22 heavy (non-hydrogen) atoms. The Labute approximate surface area is 130 Å². The van der Waals surface area contributed by atoms with Gasteiger partial charge in [-0.1, -0.05) is 60.7 Å². The third-order valence-electron chi connectivity index (χ3n) is 3.43. The first-order chi connectivity index (χ1) is 10.7. The van der Waals surface area contributed by atoms with Crippen molar-refractivity contribution in [2.24, 2.45) is 0 Å². The fourth-order valence-electron chi connectivity index (χ4n) is 2.29. The Morgan fingerprint density at radius 1 is 0.727 bits per heavy atom. The summed E-state index contributed by atoms with van der Waals surface area (Å²) in [7, 11) is 3.85. The van der Waals surface area contributed by atoms with Crippen molar-refractivity contribution in [3.63, 3.8) is 0 Å². The zero-order valence-electron chi connectivity index (χ0n) is 12.7. The van der Waals surface area contributed by atoms with Crippen molar-refractivity contribution in [1.82, 2.24) is 9.97 Å². The molecule has 0 atom stereocenters. The molecule has 0 spiro atoms. The van der Waals surface area contributed by atoms with Gasteiger partial charge in [0.2, 0.25) is 5.95 Å². The van der Waals surface area contributed by atoms with Crippen molar-refractivity contribution >= 4 is 11.6 Å². The zero-order chi connectivity index (χ0) is 15.5. The van der Waals surface area contributed by atoms with Gasteiger partial charge in [-0.15, -0.1) is 0 Å². The van der Waals surface area contributed by atoms with Crippen LogP contribution in [0.3, 0.4) is 0 Å². The summed E-state index contributed by atoms with van der Waals surface area (Å²) < 4.78 is 0. The molecule has 3 aromatic rings. The molecule has 2 aromatic carbocycles. The van der Waals surface area contributed by atoms with Crippen LogP contribution in [0, 0.1) is 0 Å². The van der Waals surface area contributed by atoms with Gasteiger partial charge < -0.3 is 10.6 Å². The summed E-state index contributed by atoms with van der Waals surface area (Å²) >= 11 is 0. The van der Waals surface area contributed by atoms with Gasteiger partial charge in [-0.2, -0.15) is 0 Å². The second-order valence-electron chi connectivity index (χ2n) is 5.26. The average Bonchev–Trinajstić information content (AvgIpc) is 2.56. The molecular weight excluding hydrogens is 272 g/mol. The maximum absolute atomic E-state index is 6.37. The Morgan fingerprint density at radius 3 is 1.50 bits per heavy atom. The SMILES string of the molecule is CN(C)c1nc(-c2ccccc2)c(N)c(-c2ccccc2)n1. The van der Waals surface area contributed by atoms with E-state index in [0.717, 1.165) is 22.5 Å². The number of nitrogen functional groups attached to an aromatic ring is 1. The molecule has 0 saturated carbocycles. The lowest BCUT2D eigenvalue weighted by Crippen LogP contribution is -2.15. The Kier molecular flexibility index (Phi) is 3.74. The molecule has 0 aliphatic rings. The van der Waals surface area contributed by atoms with Gasteiger partial charge >= 0.3 is 0 Å². The molecule has 4 nitrogen and oxygen atoms in total. The van der Waals surface area contributed by atoms with E-state index < -0.39 is 0 Å². The van der Waals surface area contributed by atoms with Crippen molar-refractivity contribution in [3.8, 4) is 22.5 Å². The Balaban J connectivity index is 2.25. The first kappa shape index (κ1) is 14.1. The third-order valence-corrected chi connectivity index (χ3v) is 3.43. The monoisotopic (exact) mass is 290 g/mol. The van der Waals surface area contributed by atoms with E-state index in [2.05, 4.69) is 9.97 Å². The molecule has 0 radical (unpaired) electrons. The van der Waals surface area contributed by atoms with Gasteiger partial charge in [-0.05, 0) is 0 Å². The largest absolute Gasteiger partial charge is 0.395 e. The van der Waals surface area contributed by atoms with E-state index in [1.165, 1.54) is 0 Å². The number of aromatic nitrogens is 2. The number of hydrogen-bond acceptors (Lipinski definition) is 4. The highest BCUT2D eigenvalue weighted by Gasteiger charge is 2.15. The smallest absolute Gasteiger partial charge is 0.226 e. The van der Waals surface area contributed by atoms with Crippen LogP contribution >= 0.6 is 0 Å². The molecule has 0 amide bonds. The van der Waals surface area contributed by atoms with Gasteiger partial charge in [0, 0.05) is 25.2 Å². The maximum atomic E-state index is 6.37. The molecule has 1 aromatic heterocycles. The van der Waals surface area contributed by atoms with Crippen LogP contribution in [0.25, 0.3) is 22.5 Å². The number of nitrogens with two attached hydrogens (primary N) is 1. The van der Waals surface area contributed by atoms with Gasteiger partial charge in [-0.3, -0.25) is 0 Å². The minimum absolute atomic E-state index is 0.600. The molecule has 0 bridgehead atoms. The molecule has 110 valence electrons. The Bertz CT molecular complexity index is 707. The summed E-state index contributed by atoms with van der Waals surface area (Å²) in [5.41, 5.74) is 10.5. The number of nitrogens with zero attached hydrogens (tertiary/aromatic N) is 3. The van der Waals surface area contributed by atoms with E-state index in [9.17, 15) is 0 Å². The van der Waals surface area contributed by atoms with Crippen LogP contribution in [0.2, 0.25) is 0 Å². The van der Waals surface area contributed by atoms with Crippen molar-refractivity contribution in [2.75, 3.05) is 24.7 Å². The number of benzene rings is 2. The van der Waals surface area contributed by atoms with Crippen LogP contribution < -0.4 is 10.6 Å². The molecule has 0 aliphatic heterocycles. The molecule has 0 saturated heterocycles.